The Bertz CT molecular complexity index is 62.7. The van der Waals surface area contributed by atoms with Crippen LogP contribution >= 0.6 is 34.8 Å². The van der Waals surface area contributed by atoms with E-state index in [0.29, 0.717) is 0 Å². The summed E-state index contributed by atoms with van der Waals surface area (Å²) in [6.07, 6.45) is 0. The summed E-state index contributed by atoms with van der Waals surface area (Å²) in [4.78, 5) is 0. The van der Waals surface area contributed by atoms with E-state index in [1.165, 1.54) is 0 Å². The van der Waals surface area contributed by atoms with Gasteiger partial charge in [0.1, 0.15) is 0 Å². The Morgan fingerprint density at radius 1 is 0.875 bits per heavy atom. The molecule has 50 valence electrons. The van der Waals surface area contributed by atoms with Crippen LogP contribution in [0.15, 0.2) is 0 Å². The molecule has 0 saturated heterocycles. The lowest BCUT2D eigenvalue weighted by atomic mass is 10.00. The van der Waals surface area contributed by atoms with Gasteiger partial charge in [-0.2, -0.15) is 0 Å². The van der Waals surface area contributed by atoms with Gasteiger partial charge in [0.05, 0.1) is 0 Å². The quantitative estimate of drug-likeness (QED) is 0.495. The van der Waals surface area contributed by atoms with Crippen molar-refractivity contribution in [2.75, 3.05) is 0 Å². The van der Waals surface area contributed by atoms with Crippen LogP contribution in [0.5, 0.6) is 0 Å². The molecule has 0 aromatic heterocycles. The Balaban J connectivity index is 4.02. The lowest BCUT2D eigenvalue weighted by Crippen LogP contribution is -2.24. The molecule has 0 heterocycles. The van der Waals surface area contributed by atoms with Gasteiger partial charge in [-0.3, -0.25) is 0 Å². The highest BCUT2D eigenvalue weighted by Crippen LogP contribution is 2.43. The van der Waals surface area contributed by atoms with E-state index < -0.39 is 3.79 Å². The molecule has 0 bridgehead atoms. The van der Waals surface area contributed by atoms with Gasteiger partial charge in [0, 0.05) is 5.41 Å². The first-order chi connectivity index (χ1) is 3.25. The molecule has 0 radical (unpaired) electrons. The van der Waals surface area contributed by atoms with Crippen molar-refractivity contribution < 1.29 is 0 Å². The van der Waals surface area contributed by atoms with Crippen molar-refractivity contribution in [2.24, 2.45) is 5.41 Å². The summed E-state index contributed by atoms with van der Waals surface area (Å²) in [7, 11) is 0. The van der Waals surface area contributed by atoms with Gasteiger partial charge in [-0.15, -0.1) is 0 Å². The van der Waals surface area contributed by atoms with E-state index in [2.05, 4.69) is 0 Å². The Morgan fingerprint density at radius 3 is 1.00 bits per heavy atom. The van der Waals surface area contributed by atoms with E-state index in [9.17, 15) is 0 Å². The molecule has 0 rings (SSSR count). The first-order valence-electron chi connectivity index (χ1n) is 2.32. The Hall–Kier alpha value is 0.870. The highest BCUT2D eigenvalue weighted by molar-refractivity contribution is 6.68. The van der Waals surface area contributed by atoms with Crippen molar-refractivity contribution in [1.29, 1.82) is 0 Å². The summed E-state index contributed by atoms with van der Waals surface area (Å²) in [6, 6.07) is 0. The molecular formula is C5H9Cl3. The van der Waals surface area contributed by atoms with Gasteiger partial charge in [0.15, 0.2) is 3.79 Å². The summed E-state index contributed by atoms with van der Waals surface area (Å²) in [5.74, 6) is 0. The molecule has 0 aromatic rings. The molecule has 8 heavy (non-hydrogen) atoms. The standard InChI is InChI=1S/C5H9Cl3/c1-4(2,3)5(6,7)8/h1-3H3. The smallest absolute Gasteiger partial charge is 0.0831 e. The van der Waals surface area contributed by atoms with E-state index in [1.807, 2.05) is 20.8 Å². The summed E-state index contributed by atoms with van der Waals surface area (Å²) in [5.41, 5.74) is -0.266. The predicted octanol–water partition coefficient (Wildman–Crippen LogP) is 3.40. The van der Waals surface area contributed by atoms with Crippen LogP contribution in [-0.2, 0) is 0 Å². The van der Waals surface area contributed by atoms with Gasteiger partial charge in [-0.1, -0.05) is 55.6 Å². The maximum absolute atomic E-state index is 5.54. The van der Waals surface area contributed by atoms with Crippen molar-refractivity contribution in [3.63, 3.8) is 0 Å². The van der Waals surface area contributed by atoms with Crippen molar-refractivity contribution in [3.05, 3.63) is 0 Å². The van der Waals surface area contributed by atoms with Gasteiger partial charge < -0.3 is 0 Å². The second kappa shape index (κ2) is 2.24. The maximum Gasteiger partial charge on any atom is 0.195 e. The molecule has 0 unspecified atom stereocenters. The van der Waals surface area contributed by atoms with Crippen LogP contribution in [0.3, 0.4) is 0 Å². The Kier molecular flexibility index (Phi) is 2.49. The van der Waals surface area contributed by atoms with Gasteiger partial charge in [-0.05, 0) is 0 Å². The van der Waals surface area contributed by atoms with Crippen molar-refractivity contribution in [3.8, 4) is 0 Å². The predicted molar refractivity (Wildman–Crippen MR) is 39.7 cm³/mol. The molecule has 0 aliphatic heterocycles. The van der Waals surface area contributed by atoms with E-state index in [4.69, 9.17) is 34.8 Å². The molecule has 0 nitrogen and oxygen atoms in total. The number of halogens is 3. The zero-order valence-corrected chi connectivity index (χ0v) is 7.40. The topological polar surface area (TPSA) is 0 Å². The molecule has 0 fully saturated rings. The average Bonchev–Trinajstić information content (AvgIpc) is 1.25. The average molecular weight is 175 g/mol. The monoisotopic (exact) mass is 174 g/mol. The fourth-order valence-corrected chi connectivity index (χ4v) is 0. The second-order valence-corrected chi connectivity index (χ2v) is 5.03. The van der Waals surface area contributed by atoms with Gasteiger partial charge in [0.2, 0.25) is 0 Å². The first kappa shape index (κ1) is 8.87. The molecular weight excluding hydrogens is 166 g/mol. The van der Waals surface area contributed by atoms with E-state index in [0.717, 1.165) is 0 Å². The molecule has 0 N–H and O–H groups in total. The SMILES string of the molecule is CC(C)(C)C(Cl)(Cl)Cl. The van der Waals surface area contributed by atoms with Crippen molar-refractivity contribution in [2.45, 2.75) is 24.6 Å². The summed E-state index contributed by atoms with van der Waals surface area (Å²) in [5, 5.41) is 0. The van der Waals surface area contributed by atoms with Crippen LogP contribution in [0.4, 0.5) is 0 Å². The molecule has 0 aliphatic carbocycles. The largest absolute Gasteiger partial charge is 0.195 e. The molecule has 0 amide bonds. The van der Waals surface area contributed by atoms with Gasteiger partial charge >= 0.3 is 0 Å². The van der Waals surface area contributed by atoms with Crippen LogP contribution in [-0.4, -0.2) is 3.79 Å². The maximum atomic E-state index is 5.54. The van der Waals surface area contributed by atoms with Crippen LogP contribution in [0.2, 0.25) is 0 Å². The summed E-state index contributed by atoms with van der Waals surface area (Å²) >= 11 is 16.6. The Morgan fingerprint density at radius 2 is 1.00 bits per heavy atom. The van der Waals surface area contributed by atoms with Crippen LogP contribution < -0.4 is 0 Å². The van der Waals surface area contributed by atoms with Crippen LogP contribution in [0, 0.1) is 5.41 Å². The van der Waals surface area contributed by atoms with E-state index >= 15 is 0 Å². The lowest BCUT2D eigenvalue weighted by molar-refractivity contribution is 0.423. The number of hydrogen-bond donors (Lipinski definition) is 0. The zero-order chi connectivity index (χ0) is 7.00. The van der Waals surface area contributed by atoms with Crippen molar-refractivity contribution in [1.82, 2.24) is 0 Å². The summed E-state index contributed by atoms with van der Waals surface area (Å²) in [6.45, 7) is 5.62. The second-order valence-electron chi connectivity index (χ2n) is 2.75. The fraction of sp³-hybridized carbons (Fsp3) is 1.00. The molecule has 0 spiro atoms. The van der Waals surface area contributed by atoms with Crippen molar-refractivity contribution >= 4 is 34.8 Å². The molecule has 0 atom stereocenters. The third kappa shape index (κ3) is 2.43. The third-order valence-corrected chi connectivity index (χ3v) is 2.55. The van der Waals surface area contributed by atoms with Gasteiger partial charge in [-0.25, -0.2) is 0 Å². The minimum Gasteiger partial charge on any atom is -0.0831 e. The lowest BCUT2D eigenvalue weighted by Gasteiger charge is -2.27. The highest BCUT2D eigenvalue weighted by Gasteiger charge is 2.35. The van der Waals surface area contributed by atoms with Gasteiger partial charge in [0.25, 0.3) is 0 Å². The first-order valence-corrected chi connectivity index (χ1v) is 3.45. The minimum absolute atomic E-state index is 0.266. The van der Waals surface area contributed by atoms with Crippen LogP contribution in [0.25, 0.3) is 0 Å². The minimum atomic E-state index is -1.15. The summed E-state index contributed by atoms with van der Waals surface area (Å²) < 4.78 is -1.15. The fourth-order valence-electron chi connectivity index (χ4n) is 0. The number of alkyl halides is 3. The Labute approximate surface area is 65.1 Å². The normalized spacial score (nSPS) is 14.2. The third-order valence-electron chi connectivity index (χ3n) is 0.850. The number of rotatable bonds is 0. The van der Waals surface area contributed by atoms with Crippen LogP contribution in [0.1, 0.15) is 20.8 Å². The number of hydrogen-bond acceptors (Lipinski definition) is 0. The van der Waals surface area contributed by atoms with E-state index in [1.54, 1.807) is 0 Å². The molecule has 0 saturated carbocycles. The zero-order valence-electron chi connectivity index (χ0n) is 5.13. The highest BCUT2D eigenvalue weighted by atomic mass is 35.6. The molecule has 3 heteroatoms. The molecule has 0 aliphatic rings. The van der Waals surface area contributed by atoms with E-state index in [-0.39, 0.29) is 5.41 Å². The molecule has 0 aromatic carbocycles.